The number of hydrogen-bond acceptors (Lipinski definition) is 2. The third-order valence-electron chi connectivity index (χ3n) is 3.31. The second kappa shape index (κ2) is 9.72. The quantitative estimate of drug-likeness (QED) is 0.384. The molecule has 0 saturated heterocycles. The maximum Gasteiger partial charge on any atom is 0.189 e. The van der Waals surface area contributed by atoms with Crippen LogP contribution in [-0.2, 0) is 6.54 Å². The normalized spacial score (nSPS) is 12.0. The molecular weight excluding hydrogens is 458 g/mol. The van der Waals surface area contributed by atoms with Gasteiger partial charge in [-0.2, -0.15) is 5.26 Å². The Bertz CT molecular complexity index is 754. The van der Waals surface area contributed by atoms with Gasteiger partial charge in [-0.1, -0.05) is 41.4 Å². The van der Waals surface area contributed by atoms with Gasteiger partial charge in [0.15, 0.2) is 5.96 Å². The average Bonchev–Trinajstić information content (AvgIpc) is 2.53. The van der Waals surface area contributed by atoms with Crippen molar-refractivity contribution in [2.75, 3.05) is 0 Å². The molecule has 0 heterocycles. The number of nitrogens with one attached hydrogen (secondary N) is 1. The summed E-state index contributed by atoms with van der Waals surface area (Å²) < 4.78 is 0. The molecule has 1 atom stereocenters. The molecule has 0 aromatic heterocycles. The maximum atomic E-state index is 8.77. The lowest BCUT2D eigenvalue weighted by molar-refractivity contribution is 0.708. The summed E-state index contributed by atoms with van der Waals surface area (Å²) in [7, 11) is 0. The summed E-state index contributed by atoms with van der Waals surface area (Å²) in [4.78, 5) is 4.29. The molecular formula is C17H17Cl2IN4. The van der Waals surface area contributed by atoms with Crippen LogP contribution < -0.4 is 11.1 Å². The molecule has 2 rings (SSSR count). The molecule has 3 N–H and O–H groups in total. The maximum absolute atomic E-state index is 8.77. The van der Waals surface area contributed by atoms with E-state index >= 15 is 0 Å². The molecule has 2 aromatic rings. The van der Waals surface area contributed by atoms with E-state index in [0.717, 1.165) is 11.1 Å². The van der Waals surface area contributed by atoms with Crippen molar-refractivity contribution in [2.45, 2.75) is 19.5 Å². The van der Waals surface area contributed by atoms with Gasteiger partial charge in [-0.25, -0.2) is 4.99 Å². The van der Waals surface area contributed by atoms with Gasteiger partial charge >= 0.3 is 0 Å². The third-order valence-corrected chi connectivity index (χ3v) is 3.87. The lowest BCUT2D eigenvalue weighted by Crippen LogP contribution is -2.34. The summed E-state index contributed by atoms with van der Waals surface area (Å²) in [6.07, 6.45) is 0. The van der Waals surface area contributed by atoms with Crippen LogP contribution in [0.3, 0.4) is 0 Å². The molecule has 0 aliphatic rings. The SMILES string of the molecule is CC(NC(N)=NCc1ccc(C#N)cc1)c1ccc(Cl)cc1Cl.I. The second-order valence-electron chi connectivity index (χ2n) is 5.04. The van der Waals surface area contributed by atoms with Gasteiger partial charge in [-0.15, -0.1) is 24.0 Å². The van der Waals surface area contributed by atoms with E-state index in [0.29, 0.717) is 28.1 Å². The second-order valence-corrected chi connectivity index (χ2v) is 5.89. The van der Waals surface area contributed by atoms with Gasteiger partial charge in [0.05, 0.1) is 24.2 Å². The van der Waals surface area contributed by atoms with Gasteiger partial charge in [0.2, 0.25) is 0 Å². The first kappa shape index (κ1) is 20.6. The van der Waals surface area contributed by atoms with Gasteiger partial charge in [0.1, 0.15) is 0 Å². The van der Waals surface area contributed by atoms with Gasteiger partial charge in [-0.3, -0.25) is 0 Å². The predicted molar refractivity (Wildman–Crippen MR) is 110 cm³/mol. The van der Waals surface area contributed by atoms with Crippen LogP contribution in [0.1, 0.15) is 29.7 Å². The highest BCUT2D eigenvalue weighted by Crippen LogP contribution is 2.25. The van der Waals surface area contributed by atoms with Crippen molar-refractivity contribution in [2.24, 2.45) is 10.7 Å². The summed E-state index contributed by atoms with van der Waals surface area (Å²) in [5.41, 5.74) is 8.41. The Morgan fingerprint density at radius 1 is 1.25 bits per heavy atom. The molecule has 0 spiro atoms. The van der Waals surface area contributed by atoms with Crippen molar-refractivity contribution >= 4 is 53.1 Å². The Labute approximate surface area is 168 Å². The number of nitriles is 1. The summed E-state index contributed by atoms with van der Waals surface area (Å²) in [5.74, 6) is 0.327. The molecule has 0 aliphatic heterocycles. The molecule has 0 aliphatic carbocycles. The number of benzene rings is 2. The summed E-state index contributed by atoms with van der Waals surface area (Å²) in [6.45, 7) is 2.38. The number of nitrogens with two attached hydrogens (primary N) is 1. The molecule has 0 bridgehead atoms. The molecule has 24 heavy (non-hydrogen) atoms. The van der Waals surface area contributed by atoms with Crippen LogP contribution in [0, 0.1) is 11.3 Å². The number of hydrogen-bond donors (Lipinski definition) is 2. The average molecular weight is 475 g/mol. The van der Waals surface area contributed by atoms with E-state index in [2.05, 4.69) is 16.4 Å². The van der Waals surface area contributed by atoms with Gasteiger partial charge in [0, 0.05) is 10.0 Å². The predicted octanol–water partition coefficient (Wildman–Crippen LogP) is 4.65. The van der Waals surface area contributed by atoms with E-state index in [1.165, 1.54) is 0 Å². The van der Waals surface area contributed by atoms with E-state index in [-0.39, 0.29) is 30.0 Å². The minimum atomic E-state index is -0.0931. The minimum absolute atomic E-state index is 0. The molecule has 0 fully saturated rings. The van der Waals surface area contributed by atoms with Crippen LogP contribution in [0.4, 0.5) is 0 Å². The fourth-order valence-electron chi connectivity index (χ4n) is 2.06. The van der Waals surface area contributed by atoms with E-state index in [1.54, 1.807) is 24.3 Å². The van der Waals surface area contributed by atoms with E-state index in [9.17, 15) is 0 Å². The number of rotatable bonds is 4. The van der Waals surface area contributed by atoms with Crippen molar-refractivity contribution in [3.05, 3.63) is 69.2 Å². The van der Waals surface area contributed by atoms with Crippen molar-refractivity contribution in [3.8, 4) is 6.07 Å². The van der Waals surface area contributed by atoms with Crippen LogP contribution in [0.15, 0.2) is 47.5 Å². The molecule has 0 saturated carbocycles. The summed E-state index contributed by atoms with van der Waals surface area (Å²) in [5, 5.41) is 13.0. The van der Waals surface area contributed by atoms with Crippen molar-refractivity contribution in [3.63, 3.8) is 0 Å². The highest BCUT2D eigenvalue weighted by Gasteiger charge is 2.10. The van der Waals surface area contributed by atoms with Crippen LogP contribution in [0.5, 0.6) is 0 Å². The number of guanidine groups is 1. The van der Waals surface area contributed by atoms with Gasteiger partial charge in [-0.05, 0) is 42.3 Å². The molecule has 2 aromatic carbocycles. The number of halogens is 3. The van der Waals surface area contributed by atoms with Crippen molar-refractivity contribution in [1.82, 2.24) is 5.32 Å². The molecule has 126 valence electrons. The van der Waals surface area contributed by atoms with Crippen LogP contribution >= 0.6 is 47.2 Å². The smallest absolute Gasteiger partial charge is 0.189 e. The summed E-state index contributed by atoms with van der Waals surface area (Å²) in [6, 6.07) is 14.5. The summed E-state index contributed by atoms with van der Waals surface area (Å²) >= 11 is 12.1. The standard InChI is InChI=1S/C17H16Cl2N4.HI/c1-11(15-7-6-14(18)8-16(15)19)23-17(21)22-10-13-4-2-12(9-20)3-5-13;/h2-8,11H,10H2,1H3,(H3,21,22,23);1H. The number of aliphatic imine (C=N–C) groups is 1. The lowest BCUT2D eigenvalue weighted by Gasteiger charge is -2.16. The lowest BCUT2D eigenvalue weighted by atomic mass is 10.1. The molecule has 7 heteroatoms. The van der Waals surface area contributed by atoms with Gasteiger partial charge in [0.25, 0.3) is 0 Å². The highest BCUT2D eigenvalue weighted by molar-refractivity contribution is 14.0. The van der Waals surface area contributed by atoms with E-state index < -0.39 is 0 Å². The number of nitrogens with zero attached hydrogens (tertiary/aromatic N) is 2. The minimum Gasteiger partial charge on any atom is -0.370 e. The first-order valence-corrected chi connectivity index (χ1v) is 7.75. The zero-order valence-corrected chi connectivity index (χ0v) is 16.8. The third kappa shape index (κ3) is 5.86. The largest absolute Gasteiger partial charge is 0.370 e. The highest BCUT2D eigenvalue weighted by atomic mass is 127. The molecule has 1 unspecified atom stereocenters. The van der Waals surface area contributed by atoms with E-state index in [1.807, 2.05) is 25.1 Å². The zero-order chi connectivity index (χ0) is 16.8. The van der Waals surface area contributed by atoms with Gasteiger partial charge < -0.3 is 11.1 Å². The monoisotopic (exact) mass is 474 g/mol. The zero-order valence-electron chi connectivity index (χ0n) is 13.0. The van der Waals surface area contributed by atoms with E-state index in [4.69, 9.17) is 34.2 Å². The van der Waals surface area contributed by atoms with Crippen LogP contribution in [0.2, 0.25) is 10.0 Å². The molecule has 4 nitrogen and oxygen atoms in total. The van der Waals surface area contributed by atoms with Crippen LogP contribution in [-0.4, -0.2) is 5.96 Å². The Kier molecular flexibility index (Phi) is 8.32. The van der Waals surface area contributed by atoms with Crippen molar-refractivity contribution < 1.29 is 0 Å². The fourth-order valence-corrected chi connectivity index (χ4v) is 2.63. The fraction of sp³-hybridized carbons (Fsp3) is 0.176. The van der Waals surface area contributed by atoms with Crippen LogP contribution in [0.25, 0.3) is 0 Å². The Morgan fingerprint density at radius 3 is 2.50 bits per heavy atom. The first-order chi connectivity index (χ1) is 11.0. The Balaban J connectivity index is 0.00000288. The topological polar surface area (TPSA) is 74.2 Å². The Morgan fingerprint density at radius 2 is 1.92 bits per heavy atom. The Hall–Kier alpha value is -1.49. The molecule has 0 amide bonds. The van der Waals surface area contributed by atoms with Crippen molar-refractivity contribution in [1.29, 1.82) is 5.26 Å². The molecule has 0 radical (unpaired) electrons. The first-order valence-electron chi connectivity index (χ1n) is 7.00.